The van der Waals surface area contributed by atoms with Crippen LogP contribution in [0.1, 0.15) is 26.7 Å². The van der Waals surface area contributed by atoms with Gasteiger partial charge in [0.05, 0.1) is 6.54 Å². The molecule has 4 unspecified atom stereocenters. The van der Waals surface area contributed by atoms with Crippen molar-refractivity contribution < 1.29 is 9.59 Å². The van der Waals surface area contributed by atoms with Crippen molar-refractivity contribution in [1.29, 1.82) is 0 Å². The number of likely N-dealkylation sites (N-methyl/N-ethyl adjacent to an activating group) is 1. The predicted octanol–water partition coefficient (Wildman–Crippen LogP) is -0.0604. The van der Waals surface area contributed by atoms with Gasteiger partial charge < -0.3 is 16.4 Å². The highest BCUT2D eigenvalue weighted by Gasteiger charge is 2.36. The second kappa shape index (κ2) is 5.49. The molecule has 0 radical (unpaired) electrons. The maximum absolute atomic E-state index is 12.2. The third-order valence-electron chi connectivity index (χ3n) is 3.77. The van der Waals surface area contributed by atoms with E-state index in [1.54, 1.807) is 7.05 Å². The molecule has 1 fully saturated rings. The lowest BCUT2D eigenvalue weighted by molar-refractivity contribution is -0.140. The fourth-order valence-electron chi connectivity index (χ4n) is 2.62. The maximum atomic E-state index is 12.2. The van der Waals surface area contributed by atoms with Gasteiger partial charge in [-0.3, -0.25) is 9.59 Å². The van der Waals surface area contributed by atoms with E-state index in [9.17, 15) is 9.59 Å². The molecule has 0 aromatic heterocycles. The zero-order chi connectivity index (χ0) is 13.2. The van der Waals surface area contributed by atoms with Gasteiger partial charge in [-0.1, -0.05) is 13.8 Å². The van der Waals surface area contributed by atoms with Crippen molar-refractivity contribution in [3.63, 3.8) is 0 Å². The SMILES string of the molecule is CC1CC(C)C(C(=O)N(C)CC(N)=O)CC1N. The molecular formula is C12H23N3O2. The van der Waals surface area contributed by atoms with Crippen LogP contribution in [-0.2, 0) is 9.59 Å². The van der Waals surface area contributed by atoms with Crippen LogP contribution in [0.2, 0.25) is 0 Å². The molecule has 17 heavy (non-hydrogen) atoms. The molecule has 0 spiro atoms. The Balaban J connectivity index is 2.65. The monoisotopic (exact) mass is 241 g/mol. The molecule has 2 amide bonds. The molecule has 5 heteroatoms. The van der Waals surface area contributed by atoms with Gasteiger partial charge in [-0.15, -0.1) is 0 Å². The van der Waals surface area contributed by atoms with Crippen molar-refractivity contribution in [3.05, 3.63) is 0 Å². The highest BCUT2D eigenvalue weighted by atomic mass is 16.2. The maximum Gasteiger partial charge on any atom is 0.237 e. The Labute approximate surface area is 103 Å². The van der Waals surface area contributed by atoms with Crippen molar-refractivity contribution in [2.24, 2.45) is 29.2 Å². The molecule has 4 N–H and O–H groups in total. The summed E-state index contributed by atoms with van der Waals surface area (Å²) in [4.78, 5) is 24.4. The van der Waals surface area contributed by atoms with Crippen LogP contribution in [0.4, 0.5) is 0 Å². The highest BCUT2D eigenvalue weighted by molar-refractivity contribution is 5.85. The molecule has 0 heterocycles. The van der Waals surface area contributed by atoms with E-state index in [0.29, 0.717) is 18.3 Å². The lowest BCUT2D eigenvalue weighted by Gasteiger charge is -2.37. The Morgan fingerprint density at radius 2 is 1.82 bits per heavy atom. The zero-order valence-electron chi connectivity index (χ0n) is 10.8. The summed E-state index contributed by atoms with van der Waals surface area (Å²) in [6.45, 7) is 4.17. The first kappa shape index (κ1) is 14.0. The number of nitrogens with zero attached hydrogens (tertiary/aromatic N) is 1. The quantitative estimate of drug-likeness (QED) is 0.725. The van der Waals surface area contributed by atoms with Gasteiger partial charge in [-0.05, 0) is 24.7 Å². The normalized spacial score (nSPS) is 33.2. The minimum atomic E-state index is -0.484. The van der Waals surface area contributed by atoms with Crippen LogP contribution in [-0.4, -0.2) is 36.3 Å². The molecular weight excluding hydrogens is 218 g/mol. The summed E-state index contributed by atoms with van der Waals surface area (Å²) in [6, 6.07) is 0.0714. The fraction of sp³-hybridized carbons (Fsp3) is 0.833. The summed E-state index contributed by atoms with van der Waals surface area (Å²) in [5.41, 5.74) is 11.1. The van der Waals surface area contributed by atoms with E-state index >= 15 is 0 Å². The molecule has 1 rings (SSSR count). The zero-order valence-corrected chi connectivity index (χ0v) is 10.8. The molecule has 4 atom stereocenters. The van der Waals surface area contributed by atoms with E-state index in [4.69, 9.17) is 11.5 Å². The van der Waals surface area contributed by atoms with Crippen molar-refractivity contribution in [2.75, 3.05) is 13.6 Å². The van der Waals surface area contributed by atoms with Crippen molar-refractivity contribution in [2.45, 2.75) is 32.7 Å². The topological polar surface area (TPSA) is 89.4 Å². The summed E-state index contributed by atoms with van der Waals surface area (Å²) < 4.78 is 0. The third-order valence-corrected chi connectivity index (χ3v) is 3.77. The van der Waals surface area contributed by atoms with Crippen molar-refractivity contribution >= 4 is 11.8 Å². The van der Waals surface area contributed by atoms with Crippen molar-refractivity contribution in [1.82, 2.24) is 4.90 Å². The first-order valence-electron chi connectivity index (χ1n) is 6.11. The Kier molecular flexibility index (Phi) is 4.51. The molecule has 0 aromatic rings. The van der Waals surface area contributed by atoms with Gasteiger partial charge in [-0.25, -0.2) is 0 Å². The average Bonchev–Trinajstić information content (AvgIpc) is 2.21. The number of amides is 2. The Bertz CT molecular complexity index is 306. The van der Waals surface area contributed by atoms with E-state index in [1.807, 2.05) is 0 Å². The van der Waals surface area contributed by atoms with Crippen LogP contribution in [0.3, 0.4) is 0 Å². The number of carbonyl (C=O) groups excluding carboxylic acids is 2. The van der Waals surface area contributed by atoms with Gasteiger partial charge >= 0.3 is 0 Å². The van der Waals surface area contributed by atoms with E-state index in [1.165, 1.54) is 4.90 Å². The number of primary amides is 1. The number of hydrogen-bond donors (Lipinski definition) is 2. The van der Waals surface area contributed by atoms with E-state index < -0.39 is 5.91 Å². The summed E-state index contributed by atoms with van der Waals surface area (Å²) in [5.74, 6) is 0.189. The molecule has 1 aliphatic rings. The summed E-state index contributed by atoms with van der Waals surface area (Å²) in [5, 5.41) is 0. The Morgan fingerprint density at radius 3 is 2.35 bits per heavy atom. The summed E-state index contributed by atoms with van der Waals surface area (Å²) >= 11 is 0. The lowest BCUT2D eigenvalue weighted by Crippen LogP contribution is -2.47. The van der Waals surface area contributed by atoms with Gasteiger partial charge in [0.2, 0.25) is 11.8 Å². The van der Waals surface area contributed by atoms with Gasteiger partial charge in [0.25, 0.3) is 0 Å². The van der Waals surface area contributed by atoms with Crippen LogP contribution in [0.5, 0.6) is 0 Å². The van der Waals surface area contributed by atoms with E-state index in [0.717, 1.165) is 6.42 Å². The smallest absolute Gasteiger partial charge is 0.237 e. The van der Waals surface area contributed by atoms with Crippen LogP contribution in [0, 0.1) is 17.8 Å². The molecule has 0 aliphatic heterocycles. The largest absolute Gasteiger partial charge is 0.368 e. The molecule has 98 valence electrons. The number of carbonyl (C=O) groups is 2. The Hall–Kier alpha value is -1.10. The van der Waals surface area contributed by atoms with Gasteiger partial charge in [0, 0.05) is 19.0 Å². The fourth-order valence-corrected chi connectivity index (χ4v) is 2.62. The molecule has 1 saturated carbocycles. The standard InChI is InChI=1S/C12H23N3O2/c1-7-4-8(2)10(13)5-9(7)12(17)15(3)6-11(14)16/h7-10H,4-6,13H2,1-3H3,(H2,14,16). The molecule has 0 saturated heterocycles. The molecule has 5 nitrogen and oxygen atoms in total. The highest BCUT2D eigenvalue weighted by Crippen LogP contribution is 2.33. The minimum Gasteiger partial charge on any atom is -0.368 e. The molecule has 1 aliphatic carbocycles. The minimum absolute atomic E-state index is 0.0151. The summed E-state index contributed by atoms with van der Waals surface area (Å²) in [6.07, 6.45) is 1.66. The van der Waals surface area contributed by atoms with E-state index in [-0.39, 0.29) is 24.4 Å². The third kappa shape index (κ3) is 3.43. The first-order chi connectivity index (χ1) is 7.82. The van der Waals surface area contributed by atoms with Gasteiger partial charge in [-0.2, -0.15) is 0 Å². The Morgan fingerprint density at radius 1 is 1.24 bits per heavy atom. The second-order valence-corrected chi connectivity index (χ2v) is 5.36. The second-order valence-electron chi connectivity index (χ2n) is 5.36. The van der Waals surface area contributed by atoms with Gasteiger partial charge in [0.15, 0.2) is 0 Å². The van der Waals surface area contributed by atoms with Crippen LogP contribution >= 0.6 is 0 Å². The number of nitrogens with two attached hydrogens (primary N) is 2. The lowest BCUT2D eigenvalue weighted by atomic mass is 9.72. The van der Waals surface area contributed by atoms with Crippen molar-refractivity contribution in [3.8, 4) is 0 Å². The van der Waals surface area contributed by atoms with Crippen LogP contribution in [0.25, 0.3) is 0 Å². The molecule has 0 aromatic carbocycles. The van der Waals surface area contributed by atoms with Crippen LogP contribution in [0.15, 0.2) is 0 Å². The van der Waals surface area contributed by atoms with E-state index in [2.05, 4.69) is 13.8 Å². The average molecular weight is 241 g/mol. The van der Waals surface area contributed by atoms with Gasteiger partial charge in [0.1, 0.15) is 0 Å². The summed E-state index contributed by atoms with van der Waals surface area (Å²) in [7, 11) is 1.61. The predicted molar refractivity (Wildman–Crippen MR) is 65.9 cm³/mol. The number of hydrogen-bond acceptors (Lipinski definition) is 3. The first-order valence-corrected chi connectivity index (χ1v) is 6.11. The number of rotatable bonds is 3. The molecule has 0 bridgehead atoms. The van der Waals surface area contributed by atoms with Crippen LogP contribution < -0.4 is 11.5 Å².